The van der Waals surface area contributed by atoms with Gasteiger partial charge in [0, 0.05) is 11.9 Å². The second-order valence-corrected chi connectivity index (χ2v) is 12.1. The number of rotatable bonds is 32. The van der Waals surface area contributed by atoms with Crippen LogP contribution in [0.4, 0.5) is 0 Å². The Kier molecular flexibility index (Phi) is 86.1. The maximum atomic E-state index is 10.2. The summed E-state index contributed by atoms with van der Waals surface area (Å²) in [5.41, 5.74) is 0. The molecule has 0 spiro atoms. The van der Waals surface area contributed by atoms with E-state index in [1.165, 1.54) is 167 Å². The summed E-state index contributed by atoms with van der Waals surface area (Å²) in [7, 11) is 0. The van der Waals surface area contributed by atoms with Gasteiger partial charge in [0.1, 0.15) is 0 Å². The van der Waals surface area contributed by atoms with Gasteiger partial charge >= 0.3 is 57.2 Å². The molecule has 0 aliphatic carbocycles. The standard InChI is InChI=1S/2C18H36O2.2Fe.Mg.3O/c2*1-2-3-4-5-6-7-8-9-10-11-12-13-14-15-16-17-18(19)20;;;;;;/h2*2-17H2,1H3,(H,19,20);;;;;;/q;;2*+3;+2;3*-2/p-2. The van der Waals surface area contributed by atoms with Crippen LogP contribution in [0.25, 0.3) is 0 Å². The number of aliphatic carboxylic acids is 2. The van der Waals surface area contributed by atoms with Crippen LogP contribution in [-0.2, 0) is 60.2 Å². The van der Waals surface area contributed by atoms with E-state index in [0.29, 0.717) is 0 Å². The van der Waals surface area contributed by atoms with E-state index in [1.54, 1.807) is 0 Å². The number of carbonyl (C=O) groups is 2. The topological polar surface area (TPSA) is 166 Å². The number of carbonyl (C=O) groups excluding carboxylic acids is 2. The van der Waals surface area contributed by atoms with Crippen molar-refractivity contribution < 1.29 is 70.4 Å². The van der Waals surface area contributed by atoms with E-state index in [4.69, 9.17) is 0 Å². The van der Waals surface area contributed by atoms with Crippen molar-refractivity contribution in [1.29, 1.82) is 0 Å². The van der Waals surface area contributed by atoms with Crippen LogP contribution in [0.3, 0.4) is 0 Å². The van der Waals surface area contributed by atoms with Gasteiger partial charge in [0.2, 0.25) is 0 Å². The third-order valence-electron chi connectivity index (χ3n) is 7.97. The molecule has 0 rings (SSSR count). The molecule has 0 aromatic rings. The van der Waals surface area contributed by atoms with Crippen LogP contribution in [0.5, 0.6) is 0 Å². The number of carboxylic acids is 2. The van der Waals surface area contributed by atoms with E-state index in [0.717, 1.165) is 25.7 Å². The molecular weight excluding hydrogens is 680 g/mol. The van der Waals surface area contributed by atoms with Gasteiger partial charge in [-0.05, 0) is 25.7 Å². The zero-order valence-corrected chi connectivity index (χ0v) is 33.5. The minimum atomic E-state index is -0.903. The molecule has 0 aliphatic heterocycles. The second kappa shape index (κ2) is 60.9. The van der Waals surface area contributed by atoms with Crippen molar-refractivity contribution in [2.24, 2.45) is 0 Å². The van der Waals surface area contributed by atoms with Gasteiger partial charge in [-0.2, -0.15) is 0 Å². The van der Waals surface area contributed by atoms with E-state index in [9.17, 15) is 19.8 Å². The molecule has 0 N–H and O–H groups in total. The van der Waals surface area contributed by atoms with Crippen molar-refractivity contribution in [2.75, 3.05) is 0 Å². The molecule has 7 nitrogen and oxygen atoms in total. The van der Waals surface area contributed by atoms with Crippen LogP contribution >= 0.6 is 0 Å². The Morgan fingerprint density at radius 2 is 0.457 bits per heavy atom. The molecule has 0 heterocycles. The molecule has 0 atom stereocenters. The molecule has 0 unspecified atom stereocenters. The minimum Gasteiger partial charge on any atom is -2.00 e. The first-order valence-corrected chi connectivity index (χ1v) is 17.9. The third-order valence-corrected chi connectivity index (χ3v) is 7.97. The smallest absolute Gasteiger partial charge is 2.00 e. The van der Waals surface area contributed by atoms with Gasteiger partial charge in [0.25, 0.3) is 0 Å². The first-order chi connectivity index (χ1) is 19.5. The summed E-state index contributed by atoms with van der Waals surface area (Å²) >= 11 is 0. The van der Waals surface area contributed by atoms with Gasteiger partial charge in [0.15, 0.2) is 0 Å². The van der Waals surface area contributed by atoms with Crippen molar-refractivity contribution in [3.05, 3.63) is 0 Å². The summed E-state index contributed by atoms with van der Waals surface area (Å²) in [6.45, 7) is 4.53. The normalized spacial score (nSPS) is 9.43. The maximum absolute atomic E-state index is 10.2. The zero-order chi connectivity index (χ0) is 29.8. The zero-order valence-electron chi connectivity index (χ0n) is 29.9. The fourth-order valence-corrected chi connectivity index (χ4v) is 5.28. The van der Waals surface area contributed by atoms with Crippen molar-refractivity contribution in [3.63, 3.8) is 0 Å². The third kappa shape index (κ3) is 70.8. The van der Waals surface area contributed by atoms with Crippen LogP contribution in [0.15, 0.2) is 0 Å². The van der Waals surface area contributed by atoms with E-state index in [2.05, 4.69) is 13.8 Å². The molecule has 0 aromatic heterocycles. The van der Waals surface area contributed by atoms with Crippen molar-refractivity contribution in [1.82, 2.24) is 0 Å². The van der Waals surface area contributed by atoms with E-state index < -0.39 is 11.9 Å². The van der Waals surface area contributed by atoms with Gasteiger partial charge < -0.3 is 36.2 Å². The molecule has 0 saturated carbocycles. The van der Waals surface area contributed by atoms with Crippen molar-refractivity contribution >= 4 is 35.0 Å². The van der Waals surface area contributed by atoms with Crippen LogP contribution in [0, 0.1) is 0 Å². The van der Waals surface area contributed by atoms with E-state index in [1.807, 2.05) is 0 Å². The van der Waals surface area contributed by atoms with Gasteiger partial charge in [-0.25, -0.2) is 0 Å². The fraction of sp³-hybridized carbons (Fsp3) is 0.944. The summed E-state index contributed by atoms with van der Waals surface area (Å²) < 4.78 is 0. The molecule has 2 radical (unpaired) electrons. The number of carboxylic acid groups (broad SMARTS) is 2. The monoisotopic (exact) mass is 750 g/mol. The summed E-state index contributed by atoms with van der Waals surface area (Å²) in [6.07, 6.45) is 39.7. The Balaban J connectivity index is -0.0000000926. The van der Waals surface area contributed by atoms with Crippen LogP contribution < -0.4 is 10.2 Å². The number of unbranched alkanes of at least 4 members (excludes halogenated alkanes) is 28. The van der Waals surface area contributed by atoms with E-state index >= 15 is 0 Å². The number of hydrogen-bond donors (Lipinski definition) is 0. The molecule has 46 heavy (non-hydrogen) atoms. The molecule has 10 heteroatoms. The Morgan fingerprint density at radius 3 is 0.587 bits per heavy atom. The molecule has 0 fully saturated rings. The predicted molar refractivity (Wildman–Crippen MR) is 177 cm³/mol. The summed E-state index contributed by atoms with van der Waals surface area (Å²) in [5.74, 6) is -1.81. The van der Waals surface area contributed by atoms with Gasteiger partial charge in [-0.1, -0.05) is 194 Å². The molecule has 0 aromatic carbocycles. The second-order valence-electron chi connectivity index (χ2n) is 12.1. The maximum Gasteiger partial charge on any atom is 3.00 e. The SMILES string of the molecule is CCCCCCCCCCCCCCCCCC(=O)[O-].CCCCCCCCCCCCCCCCCC(=O)[O-].[Fe+3].[Fe+3].[Mg+2].[O-2].[O-2].[O-2]. The molecule has 0 amide bonds. The minimum absolute atomic E-state index is 0. The largest absolute Gasteiger partial charge is 3.00 e. The first-order valence-electron chi connectivity index (χ1n) is 17.9. The van der Waals surface area contributed by atoms with Crippen LogP contribution in [0.2, 0.25) is 0 Å². The summed E-state index contributed by atoms with van der Waals surface area (Å²) in [4.78, 5) is 20.4. The quantitative estimate of drug-likeness (QED) is 0.0494. The Hall–Kier alpha value is 0.625. The average Bonchev–Trinajstić information content (AvgIpc) is 2.93. The predicted octanol–water partition coefficient (Wildman–Crippen LogP) is 9.25. The molecule has 0 saturated heterocycles. The summed E-state index contributed by atoms with van der Waals surface area (Å²) in [5, 5.41) is 20.4. The van der Waals surface area contributed by atoms with Crippen LogP contribution in [-0.4, -0.2) is 35.0 Å². The van der Waals surface area contributed by atoms with Gasteiger partial charge in [-0.15, -0.1) is 0 Å². The molecule has 274 valence electrons. The molecule has 0 bridgehead atoms. The van der Waals surface area contributed by atoms with Crippen LogP contribution in [0.1, 0.15) is 219 Å². The van der Waals surface area contributed by atoms with E-state index in [-0.39, 0.29) is 86.5 Å². The van der Waals surface area contributed by atoms with Gasteiger partial charge in [0.05, 0.1) is 0 Å². The van der Waals surface area contributed by atoms with Crippen molar-refractivity contribution in [2.45, 2.75) is 219 Å². The Labute approximate surface area is 322 Å². The first kappa shape index (κ1) is 65.1. The molecular formula is C36H70Fe2MgO7. The summed E-state index contributed by atoms with van der Waals surface area (Å²) in [6, 6.07) is 0. The Bertz CT molecular complexity index is 475. The number of hydrogen-bond acceptors (Lipinski definition) is 4. The van der Waals surface area contributed by atoms with Gasteiger partial charge in [-0.3, -0.25) is 0 Å². The fourth-order valence-electron chi connectivity index (χ4n) is 5.28. The Morgan fingerprint density at radius 1 is 0.326 bits per heavy atom. The van der Waals surface area contributed by atoms with Crippen molar-refractivity contribution in [3.8, 4) is 0 Å². The average molecular weight is 751 g/mol. The molecule has 0 aliphatic rings.